The number of carbonyl (C=O) groups is 1. The summed E-state index contributed by atoms with van der Waals surface area (Å²) in [6, 6.07) is 7.68. The molecule has 0 aliphatic heterocycles. The van der Waals surface area contributed by atoms with Gasteiger partial charge in [-0.25, -0.2) is 4.39 Å². The second-order valence-corrected chi connectivity index (χ2v) is 5.43. The number of amides is 1. The van der Waals surface area contributed by atoms with Crippen LogP contribution in [0, 0.1) is 15.9 Å². The summed E-state index contributed by atoms with van der Waals surface area (Å²) in [5, 5.41) is 13.7. The van der Waals surface area contributed by atoms with E-state index in [1.54, 1.807) is 6.07 Å². The van der Waals surface area contributed by atoms with Crippen molar-refractivity contribution in [1.29, 1.82) is 0 Å². The summed E-state index contributed by atoms with van der Waals surface area (Å²) >= 11 is 0. The molecule has 1 amide bonds. The third-order valence-electron chi connectivity index (χ3n) is 3.84. The first-order valence-corrected chi connectivity index (χ1v) is 7.75. The van der Waals surface area contributed by atoms with Crippen molar-refractivity contribution in [3.8, 4) is 17.2 Å². The molecule has 1 N–H and O–H groups in total. The largest absolute Gasteiger partial charge is 0.496 e. The summed E-state index contributed by atoms with van der Waals surface area (Å²) in [7, 11) is 2.92. The van der Waals surface area contributed by atoms with Gasteiger partial charge < -0.3 is 14.8 Å². The number of pyridine rings is 1. The molecule has 0 aliphatic carbocycles. The highest BCUT2D eigenvalue weighted by Crippen LogP contribution is 2.34. The molecule has 2 aromatic carbocycles. The van der Waals surface area contributed by atoms with Gasteiger partial charge in [0, 0.05) is 30.8 Å². The predicted octanol–water partition coefficient (Wildman–Crippen LogP) is 3.44. The Kier molecular flexibility index (Phi) is 4.84. The number of halogens is 1. The van der Waals surface area contributed by atoms with E-state index >= 15 is 0 Å². The second-order valence-electron chi connectivity index (χ2n) is 5.43. The van der Waals surface area contributed by atoms with E-state index in [-0.39, 0.29) is 28.7 Å². The maximum atomic E-state index is 14.1. The summed E-state index contributed by atoms with van der Waals surface area (Å²) < 4.78 is 25.0. The van der Waals surface area contributed by atoms with Crippen molar-refractivity contribution >= 4 is 22.5 Å². The Morgan fingerprint density at radius 3 is 2.59 bits per heavy atom. The van der Waals surface area contributed by atoms with Gasteiger partial charge in [0.25, 0.3) is 11.6 Å². The van der Waals surface area contributed by atoms with Crippen LogP contribution in [0.3, 0.4) is 0 Å². The van der Waals surface area contributed by atoms with E-state index in [2.05, 4.69) is 10.3 Å². The third-order valence-corrected chi connectivity index (χ3v) is 3.84. The smallest absolute Gasteiger partial charge is 0.272 e. The van der Waals surface area contributed by atoms with Crippen molar-refractivity contribution in [3.05, 3.63) is 64.1 Å². The molecule has 138 valence electrons. The number of methoxy groups -OCH3 is 1. The third kappa shape index (κ3) is 3.47. The fourth-order valence-corrected chi connectivity index (χ4v) is 2.52. The topological polar surface area (TPSA) is 104 Å². The number of benzene rings is 2. The van der Waals surface area contributed by atoms with E-state index in [0.29, 0.717) is 16.7 Å². The number of non-ortho nitro benzene ring substituents is 1. The summed E-state index contributed by atoms with van der Waals surface area (Å²) in [4.78, 5) is 26.3. The SMILES string of the molecule is CNC(=O)c1cc2c(Oc3ccc([N+](=O)[O-])cc3F)ccnc2cc1OC. The van der Waals surface area contributed by atoms with Crippen LogP contribution in [0.4, 0.5) is 10.1 Å². The van der Waals surface area contributed by atoms with Crippen LogP contribution in [-0.4, -0.2) is 30.0 Å². The first-order chi connectivity index (χ1) is 12.9. The van der Waals surface area contributed by atoms with E-state index in [0.717, 1.165) is 12.1 Å². The maximum Gasteiger partial charge on any atom is 0.272 e. The predicted molar refractivity (Wildman–Crippen MR) is 94.8 cm³/mol. The molecule has 9 heteroatoms. The van der Waals surface area contributed by atoms with Crippen LogP contribution in [0.2, 0.25) is 0 Å². The number of aromatic nitrogens is 1. The Bertz CT molecular complexity index is 1050. The van der Waals surface area contributed by atoms with Gasteiger partial charge in [-0.2, -0.15) is 0 Å². The average molecular weight is 371 g/mol. The van der Waals surface area contributed by atoms with Gasteiger partial charge in [-0.15, -0.1) is 0 Å². The number of carbonyl (C=O) groups excluding carboxylic acids is 1. The molecule has 0 spiro atoms. The fourth-order valence-electron chi connectivity index (χ4n) is 2.52. The lowest BCUT2D eigenvalue weighted by atomic mass is 10.1. The quantitative estimate of drug-likeness (QED) is 0.544. The molecule has 3 aromatic rings. The molecule has 1 aromatic heterocycles. The zero-order valence-electron chi connectivity index (χ0n) is 14.4. The number of hydrogen-bond donors (Lipinski definition) is 1. The van der Waals surface area contributed by atoms with Crippen LogP contribution in [0.25, 0.3) is 10.9 Å². The minimum atomic E-state index is -0.880. The lowest BCUT2D eigenvalue weighted by Gasteiger charge is -2.12. The minimum absolute atomic E-state index is 0.189. The summed E-state index contributed by atoms with van der Waals surface area (Å²) in [6.45, 7) is 0. The normalized spacial score (nSPS) is 10.5. The van der Waals surface area contributed by atoms with Crippen molar-refractivity contribution < 1.29 is 23.6 Å². The molecule has 0 bridgehead atoms. The highest BCUT2D eigenvalue weighted by atomic mass is 19.1. The maximum absolute atomic E-state index is 14.1. The molecular formula is C18H14FN3O5. The van der Waals surface area contributed by atoms with Crippen molar-refractivity contribution in [1.82, 2.24) is 10.3 Å². The molecule has 0 atom stereocenters. The molecule has 1 heterocycles. The van der Waals surface area contributed by atoms with Gasteiger partial charge in [0.1, 0.15) is 11.5 Å². The standard InChI is InChI=1S/C18H14FN3O5/c1-20-18(23)12-8-11-14(9-17(12)26-2)21-6-5-15(11)27-16-4-3-10(22(24)25)7-13(16)19/h3-9H,1-2H3,(H,20,23). The van der Waals surface area contributed by atoms with E-state index in [1.807, 2.05) is 0 Å². The molecule has 0 saturated heterocycles. The molecule has 0 fully saturated rings. The summed E-state index contributed by atoms with van der Waals surface area (Å²) in [5.74, 6) is -0.877. The van der Waals surface area contributed by atoms with Gasteiger partial charge in [0.15, 0.2) is 11.6 Å². The molecule has 27 heavy (non-hydrogen) atoms. The number of fused-ring (bicyclic) bond motifs is 1. The monoisotopic (exact) mass is 371 g/mol. The first-order valence-electron chi connectivity index (χ1n) is 7.75. The minimum Gasteiger partial charge on any atom is -0.496 e. The summed E-state index contributed by atoms with van der Waals surface area (Å²) in [5.41, 5.74) is 0.347. The molecule has 0 unspecified atom stereocenters. The van der Waals surface area contributed by atoms with Crippen LogP contribution < -0.4 is 14.8 Å². The second kappa shape index (κ2) is 7.24. The Balaban J connectivity index is 2.09. The first kappa shape index (κ1) is 18.1. The number of nitrogens with one attached hydrogen (secondary N) is 1. The molecule has 0 saturated carbocycles. The van der Waals surface area contributed by atoms with Crippen LogP contribution >= 0.6 is 0 Å². The van der Waals surface area contributed by atoms with E-state index < -0.39 is 10.7 Å². The van der Waals surface area contributed by atoms with Crippen LogP contribution in [0.1, 0.15) is 10.4 Å². The van der Waals surface area contributed by atoms with E-state index in [4.69, 9.17) is 9.47 Å². The Morgan fingerprint density at radius 2 is 1.96 bits per heavy atom. The van der Waals surface area contributed by atoms with Gasteiger partial charge in [-0.3, -0.25) is 19.9 Å². The van der Waals surface area contributed by atoms with Gasteiger partial charge in [-0.05, 0) is 18.2 Å². The number of nitrogens with zero attached hydrogens (tertiary/aromatic N) is 2. The van der Waals surface area contributed by atoms with Crippen molar-refractivity contribution in [2.75, 3.05) is 14.2 Å². The lowest BCUT2D eigenvalue weighted by molar-refractivity contribution is -0.385. The molecule has 3 rings (SSSR count). The zero-order chi connectivity index (χ0) is 19.6. The highest BCUT2D eigenvalue weighted by molar-refractivity contribution is 6.02. The van der Waals surface area contributed by atoms with Gasteiger partial charge in [0.05, 0.1) is 29.2 Å². The number of nitro groups is 1. The molecule has 0 radical (unpaired) electrons. The zero-order valence-corrected chi connectivity index (χ0v) is 14.4. The van der Waals surface area contributed by atoms with Crippen molar-refractivity contribution in [2.45, 2.75) is 0 Å². The van der Waals surface area contributed by atoms with Gasteiger partial charge >= 0.3 is 0 Å². The number of hydrogen-bond acceptors (Lipinski definition) is 6. The van der Waals surface area contributed by atoms with Crippen molar-refractivity contribution in [2.24, 2.45) is 0 Å². The fraction of sp³-hybridized carbons (Fsp3) is 0.111. The summed E-state index contributed by atoms with van der Waals surface area (Å²) in [6.07, 6.45) is 1.46. The molecular weight excluding hydrogens is 357 g/mol. The van der Waals surface area contributed by atoms with Crippen LogP contribution in [0.15, 0.2) is 42.6 Å². The van der Waals surface area contributed by atoms with Crippen molar-refractivity contribution in [3.63, 3.8) is 0 Å². The Hall–Kier alpha value is -3.75. The highest BCUT2D eigenvalue weighted by Gasteiger charge is 2.17. The average Bonchev–Trinajstić information content (AvgIpc) is 2.67. The van der Waals surface area contributed by atoms with Crippen LogP contribution in [0.5, 0.6) is 17.2 Å². The van der Waals surface area contributed by atoms with Crippen LogP contribution in [-0.2, 0) is 0 Å². The lowest BCUT2D eigenvalue weighted by Crippen LogP contribution is -2.18. The van der Waals surface area contributed by atoms with E-state index in [9.17, 15) is 19.3 Å². The molecule has 0 aliphatic rings. The number of nitro benzene ring substituents is 1. The van der Waals surface area contributed by atoms with Gasteiger partial charge in [0.2, 0.25) is 0 Å². The Labute approximate surface area is 152 Å². The number of ether oxygens (including phenoxy) is 2. The van der Waals surface area contributed by atoms with Gasteiger partial charge in [-0.1, -0.05) is 0 Å². The van der Waals surface area contributed by atoms with E-state index in [1.165, 1.54) is 38.6 Å². The number of rotatable bonds is 5. The Morgan fingerprint density at radius 1 is 1.19 bits per heavy atom. The molecule has 8 nitrogen and oxygen atoms in total.